The molecule has 0 aromatic heterocycles. The molecule has 2 aliphatic heterocycles. The van der Waals surface area contributed by atoms with Gasteiger partial charge in [0.05, 0.1) is 13.0 Å². The van der Waals surface area contributed by atoms with Gasteiger partial charge in [0.25, 0.3) is 0 Å². The van der Waals surface area contributed by atoms with Crippen LogP contribution < -0.4 is 20.3 Å². The van der Waals surface area contributed by atoms with Crippen LogP contribution in [0.2, 0.25) is 5.02 Å². The average Bonchev–Trinajstić information content (AvgIpc) is 2.96. The first-order valence-electron chi connectivity index (χ1n) is 13.4. The predicted octanol–water partition coefficient (Wildman–Crippen LogP) is 3.61. The van der Waals surface area contributed by atoms with Gasteiger partial charge in [-0.3, -0.25) is 19.3 Å². The Morgan fingerprint density at radius 1 is 0.900 bits per heavy atom. The van der Waals surface area contributed by atoms with Gasteiger partial charge in [0.1, 0.15) is 17.5 Å². The summed E-state index contributed by atoms with van der Waals surface area (Å²) in [7, 11) is 0. The zero-order valence-corrected chi connectivity index (χ0v) is 22.8. The molecule has 1 atom stereocenters. The molecule has 9 nitrogen and oxygen atoms in total. The first-order valence-corrected chi connectivity index (χ1v) is 13.8. The van der Waals surface area contributed by atoms with Gasteiger partial charge in [0, 0.05) is 55.7 Å². The molecule has 0 bridgehead atoms. The third-order valence-electron chi connectivity index (χ3n) is 7.05. The summed E-state index contributed by atoms with van der Waals surface area (Å²) in [6, 6.07) is 23.3. The van der Waals surface area contributed by atoms with E-state index in [1.54, 1.807) is 29.2 Å². The molecule has 2 heterocycles. The number of hydrogen-bond donors (Lipinski definition) is 2. The summed E-state index contributed by atoms with van der Waals surface area (Å²) >= 11 is 6.13. The van der Waals surface area contributed by atoms with Crippen molar-refractivity contribution in [3.05, 3.63) is 83.9 Å². The Morgan fingerprint density at radius 3 is 2.35 bits per heavy atom. The zero-order valence-electron chi connectivity index (χ0n) is 22.1. The van der Waals surface area contributed by atoms with Gasteiger partial charge < -0.3 is 25.2 Å². The molecule has 0 spiro atoms. The molecule has 3 aromatic carbocycles. The molecule has 2 saturated heterocycles. The van der Waals surface area contributed by atoms with Crippen molar-refractivity contribution in [3.8, 4) is 11.5 Å². The molecule has 10 heteroatoms. The minimum atomic E-state index is -0.852. The Balaban J connectivity index is 1.13. The largest absolute Gasteiger partial charge is 0.457 e. The molecule has 2 fully saturated rings. The highest BCUT2D eigenvalue weighted by atomic mass is 35.5. The maximum Gasteiger partial charge on any atom is 0.243 e. The fraction of sp³-hybridized carbons (Fsp3) is 0.300. The highest BCUT2D eigenvalue weighted by Crippen LogP contribution is 2.23. The Hall–Kier alpha value is -4.08. The van der Waals surface area contributed by atoms with E-state index in [0.717, 1.165) is 24.5 Å². The van der Waals surface area contributed by atoms with Crippen LogP contribution in [-0.2, 0) is 14.4 Å². The normalized spacial score (nSPS) is 17.7. The van der Waals surface area contributed by atoms with Crippen LogP contribution in [0.4, 0.5) is 11.4 Å². The van der Waals surface area contributed by atoms with E-state index in [0.29, 0.717) is 42.6 Å². The SMILES string of the molecule is O=C(C[C@H]1C(=O)NCCN1C(=O)CN1CCN(c2cccc(Cl)c2)CC1)Nc1ccc(Oc2ccccc2)cc1. The fourth-order valence-electron chi connectivity index (χ4n) is 4.95. The van der Waals surface area contributed by atoms with Gasteiger partial charge >= 0.3 is 0 Å². The molecule has 5 rings (SSSR count). The Kier molecular flexibility index (Phi) is 8.83. The number of anilines is 2. The lowest BCUT2D eigenvalue weighted by Gasteiger charge is -2.39. The van der Waals surface area contributed by atoms with E-state index in [9.17, 15) is 14.4 Å². The number of halogens is 1. The van der Waals surface area contributed by atoms with Crippen LogP contribution in [0.1, 0.15) is 6.42 Å². The van der Waals surface area contributed by atoms with E-state index < -0.39 is 6.04 Å². The lowest BCUT2D eigenvalue weighted by atomic mass is 10.1. The molecule has 2 aliphatic rings. The number of ether oxygens (including phenoxy) is 1. The molecular formula is C30H32ClN5O4. The molecule has 0 saturated carbocycles. The van der Waals surface area contributed by atoms with Gasteiger partial charge in [0.2, 0.25) is 17.7 Å². The number of benzene rings is 3. The highest BCUT2D eigenvalue weighted by molar-refractivity contribution is 6.30. The summed E-state index contributed by atoms with van der Waals surface area (Å²) in [5, 5.41) is 6.31. The number of piperazine rings is 2. The molecule has 3 amide bonds. The summed E-state index contributed by atoms with van der Waals surface area (Å²) < 4.78 is 5.79. The Bertz CT molecular complexity index is 1330. The van der Waals surface area contributed by atoms with Crippen molar-refractivity contribution in [2.24, 2.45) is 0 Å². The van der Waals surface area contributed by atoms with Crippen LogP contribution in [0.15, 0.2) is 78.9 Å². The van der Waals surface area contributed by atoms with Crippen molar-refractivity contribution < 1.29 is 19.1 Å². The van der Waals surface area contributed by atoms with Crippen molar-refractivity contribution in [1.29, 1.82) is 0 Å². The number of carbonyl (C=O) groups is 3. The van der Waals surface area contributed by atoms with Crippen molar-refractivity contribution in [3.63, 3.8) is 0 Å². The molecule has 208 valence electrons. The third-order valence-corrected chi connectivity index (χ3v) is 7.29. The number of rotatable bonds is 8. The summed E-state index contributed by atoms with van der Waals surface area (Å²) in [5.41, 5.74) is 1.65. The van der Waals surface area contributed by atoms with Gasteiger partial charge in [-0.25, -0.2) is 0 Å². The monoisotopic (exact) mass is 561 g/mol. The number of nitrogens with one attached hydrogen (secondary N) is 2. The van der Waals surface area contributed by atoms with Crippen molar-refractivity contribution in [1.82, 2.24) is 15.1 Å². The number of para-hydroxylation sites is 1. The molecule has 0 aliphatic carbocycles. The molecular weight excluding hydrogens is 530 g/mol. The van der Waals surface area contributed by atoms with Gasteiger partial charge in [-0.1, -0.05) is 35.9 Å². The maximum atomic E-state index is 13.3. The van der Waals surface area contributed by atoms with Gasteiger partial charge in [-0.15, -0.1) is 0 Å². The van der Waals surface area contributed by atoms with E-state index >= 15 is 0 Å². The standard InChI is InChI=1S/C30H32ClN5O4/c31-22-5-4-6-24(19-22)35-17-15-34(16-18-35)21-29(38)36-14-13-32-30(39)27(36)20-28(37)33-23-9-11-26(12-10-23)40-25-7-2-1-3-8-25/h1-12,19,27H,13-18,20-21H2,(H,32,39)(H,33,37)/t27-/m0/s1. The Labute approximate surface area is 238 Å². The van der Waals surface area contributed by atoms with E-state index in [-0.39, 0.29) is 30.7 Å². The molecule has 40 heavy (non-hydrogen) atoms. The molecule has 2 N–H and O–H groups in total. The third kappa shape index (κ3) is 7.11. The molecule has 0 unspecified atom stereocenters. The summed E-state index contributed by atoms with van der Waals surface area (Å²) in [6.07, 6.45) is -0.123. The van der Waals surface area contributed by atoms with Crippen LogP contribution in [0, 0.1) is 0 Å². The first-order chi connectivity index (χ1) is 19.4. The summed E-state index contributed by atoms with van der Waals surface area (Å²) in [6.45, 7) is 3.92. The van der Waals surface area contributed by atoms with Crippen LogP contribution >= 0.6 is 11.6 Å². The van der Waals surface area contributed by atoms with Crippen LogP contribution in [0.3, 0.4) is 0 Å². The van der Waals surface area contributed by atoms with Crippen LogP contribution in [0.25, 0.3) is 0 Å². The molecule has 3 aromatic rings. The number of nitrogens with zero attached hydrogens (tertiary/aromatic N) is 3. The predicted molar refractivity (Wildman–Crippen MR) is 155 cm³/mol. The van der Waals surface area contributed by atoms with Gasteiger partial charge in [-0.05, 0) is 54.6 Å². The summed E-state index contributed by atoms with van der Waals surface area (Å²) in [5.74, 6) is 0.557. The van der Waals surface area contributed by atoms with Gasteiger partial charge in [-0.2, -0.15) is 0 Å². The average molecular weight is 562 g/mol. The van der Waals surface area contributed by atoms with Crippen molar-refractivity contribution >= 4 is 40.7 Å². The topological polar surface area (TPSA) is 94.2 Å². The summed E-state index contributed by atoms with van der Waals surface area (Å²) in [4.78, 5) is 44.7. The lowest BCUT2D eigenvalue weighted by molar-refractivity contribution is -0.145. The minimum Gasteiger partial charge on any atom is -0.457 e. The van der Waals surface area contributed by atoms with Crippen molar-refractivity contribution in [2.45, 2.75) is 12.5 Å². The Morgan fingerprint density at radius 2 is 1.62 bits per heavy atom. The number of carbonyl (C=O) groups excluding carboxylic acids is 3. The smallest absolute Gasteiger partial charge is 0.243 e. The van der Waals surface area contributed by atoms with E-state index in [1.165, 1.54) is 0 Å². The maximum absolute atomic E-state index is 13.3. The second-order valence-electron chi connectivity index (χ2n) is 9.83. The lowest BCUT2D eigenvalue weighted by Crippen LogP contribution is -2.60. The molecule has 0 radical (unpaired) electrons. The zero-order chi connectivity index (χ0) is 27.9. The van der Waals surface area contributed by atoms with Crippen LogP contribution in [0.5, 0.6) is 11.5 Å². The number of amides is 3. The minimum absolute atomic E-state index is 0.123. The van der Waals surface area contributed by atoms with Crippen molar-refractivity contribution in [2.75, 3.05) is 56.0 Å². The number of hydrogen-bond acceptors (Lipinski definition) is 6. The van der Waals surface area contributed by atoms with E-state index in [4.69, 9.17) is 16.3 Å². The second kappa shape index (κ2) is 12.8. The van der Waals surface area contributed by atoms with E-state index in [2.05, 4.69) is 20.4 Å². The first kappa shape index (κ1) is 27.5. The van der Waals surface area contributed by atoms with Crippen LogP contribution in [-0.4, -0.2) is 79.4 Å². The van der Waals surface area contributed by atoms with E-state index in [1.807, 2.05) is 54.6 Å². The quantitative estimate of drug-likeness (QED) is 0.436. The fourth-order valence-corrected chi connectivity index (χ4v) is 5.14. The second-order valence-corrected chi connectivity index (χ2v) is 10.3. The highest BCUT2D eigenvalue weighted by Gasteiger charge is 2.35. The van der Waals surface area contributed by atoms with Gasteiger partial charge in [0.15, 0.2) is 0 Å².